The first-order valence-electron chi connectivity index (χ1n) is 6.93. The molecule has 0 bridgehead atoms. The number of rotatable bonds is 2. The predicted octanol–water partition coefficient (Wildman–Crippen LogP) is 2.61. The summed E-state index contributed by atoms with van der Waals surface area (Å²) in [6.07, 6.45) is -4.63. The van der Waals surface area contributed by atoms with Gasteiger partial charge in [0.15, 0.2) is 0 Å². The van der Waals surface area contributed by atoms with Gasteiger partial charge in [-0.05, 0) is 19.1 Å². The van der Waals surface area contributed by atoms with E-state index in [9.17, 15) is 18.0 Å². The van der Waals surface area contributed by atoms with Crippen LogP contribution in [0.1, 0.15) is 30.8 Å². The van der Waals surface area contributed by atoms with E-state index in [0.29, 0.717) is 6.07 Å². The van der Waals surface area contributed by atoms with E-state index < -0.39 is 17.3 Å². The fraction of sp³-hybridized carbons (Fsp3) is 0.400. The van der Waals surface area contributed by atoms with Crippen LogP contribution in [0.15, 0.2) is 16.9 Å². The van der Waals surface area contributed by atoms with Gasteiger partial charge in [0, 0.05) is 0 Å². The monoisotopic (exact) mass is 327 g/mol. The average molecular weight is 327 g/mol. The normalized spacial score (nSPS) is 10.9. The Labute approximate surface area is 130 Å². The molecule has 8 heteroatoms. The summed E-state index contributed by atoms with van der Waals surface area (Å²) in [5.74, 6) is 0.171. The van der Waals surface area contributed by atoms with Crippen molar-refractivity contribution in [3.8, 4) is 6.07 Å². The summed E-state index contributed by atoms with van der Waals surface area (Å²) in [5, 5.41) is 17.7. The number of aryl methyl sites for hydroxylation is 1. The second-order valence-electron chi connectivity index (χ2n) is 4.37. The number of aromatic nitrogens is 2. The van der Waals surface area contributed by atoms with Gasteiger partial charge in [-0.25, -0.2) is 4.98 Å². The van der Waals surface area contributed by atoms with Gasteiger partial charge in [-0.2, -0.15) is 18.4 Å². The van der Waals surface area contributed by atoms with E-state index in [1.54, 1.807) is 6.07 Å². The molecule has 0 aliphatic heterocycles. The molecule has 0 atom stereocenters. The summed E-state index contributed by atoms with van der Waals surface area (Å²) in [6, 6.07) is 2.97. The lowest BCUT2D eigenvalue weighted by molar-refractivity contribution is -0.137. The van der Waals surface area contributed by atoms with Crippen molar-refractivity contribution in [2.45, 2.75) is 33.5 Å². The molecule has 5 nitrogen and oxygen atoms in total. The third-order valence-electron chi connectivity index (χ3n) is 3.02. The third kappa shape index (κ3) is 3.68. The largest absolute Gasteiger partial charge is 0.416 e. The Morgan fingerprint density at radius 1 is 1.35 bits per heavy atom. The predicted molar refractivity (Wildman–Crippen MR) is 78.9 cm³/mol. The first-order valence-corrected chi connectivity index (χ1v) is 6.93. The maximum absolute atomic E-state index is 12.8. The van der Waals surface area contributed by atoms with Crippen molar-refractivity contribution in [3.05, 3.63) is 39.4 Å². The number of nitriles is 1. The van der Waals surface area contributed by atoms with E-state index in [4.69, 9.17) is 10.4 Å². The molecule has 1 aromatic carbocycles. The third-order valence-corrected chi connectivity index (χ3v) is 3.02. The minimum Gasteiger partial charge on any atom is -0.395 e. The number of benzene rings is 1. The van der Waals surface area contributed by atoms with Gasteiger partial charge in [0.1, 0.15) is 11.9 Å². The smallest absolute Gasteiger partial charge is 0.395 e. The Hall–Kier alpha value is -2.40. The highest BCUT2D eigenvalue weighted by atomic mass is 19.4. The summed E-state index contributed by atoms with van der Waals surface area (Å²) >= 11 is 0. The van der Waals surface area contributed by atoms with Gasteiger partial charge in [0.25, 0.3) is 5.56 Å². The quantitative estimate of drug-likeness (QED) is 0.919. The van der Waals surface area contributed by atoms with E-state index in [1.165, 1.54) is 6.92 Å². The van der Waals surface area contributed by atoms with E-state index in [1.807, 2.05) is 13.8 Å². The number of hydrogen-bond acceptors (Lipinski definition) is 4. The van der Waals surface area contributed by atoms with Crippen molar-refractivity contribution in [2.24, 2.45) is 0 Å². The Bertz CT molecular complexity index is 805. The highest BCUT2D eigenvalue weighted by Crippen LogP contribution is 2.32. The fourth-order valence-electron chi connectivity index (χ4n) is 2.07. The molecule has 0 fully saturated rings. The summed E-state index contributed by atoms with van der Waals surface area (Å²) in [7, 11) is 0. The summed E-state index contributed by atoms with van der Waals surface area (Å²) in [4.78, 5) is 16.2. The van der Waals surface area contributed by atoms with Gasteiger partial charge < -0.3 is 5.11 Å². The lowest BCUT2D eigenvalue weighted by atomic mass is 10.1. The topological polar surface area (TPSA) is 78.9 Å². The van der Waals surface area contributed by atoms with Crippen molar-refractivity contribution < 1.29 is 18.3 Å². The highest BCUT2D eigenvalue weighted by Gasteiger charge is 2.32. The molecule has 2 rings (SSSR count). The molecule has 0 aliphatic carbocycles. The fourth-order valence-corrected chi connectivity index (χ4v) is 2.07. The number of halogens is 3. The Morgan fingerprint density at radius 2 is 1.96 bits per heavy atom. The van der Waals surface area contributed by atoms with E-state index in [-0.39, 0.29) is 35.4 Å². The van der Waals surface area contributed by atoms with Gasteiger partial charge in [-0.1, -0.05) is 13.8 Å². The second-order valence-corrected chi connectivity index (χ2v) is 4.37. The van der Waals surface area contributed by atoms with Crippen LogP contribution in [0, 0.1) is 18.3 Å². The maximum Gasteiger partial charge on any atom is 0.416 e. The molecule has 0 aliphatic rings. The number of aliphatic hydroxyl groups is 1. The molecule has 0 saturated carbocycles. The van der Waals surface area contributed by atoms with E-state index in [2.05, 4.69) is 4.98 Å². The van der Waals surface area contributed by atoms with Crippen molar-refractivity contribution in [3.63, 3.8) is 0 Å². The Balaban J connectivity index is 0.00000127. The average Bonchev–Trinajstić information content (AvgIpc) is 2.51. The molecule has 1 N–H and O–H groups in total. The number of nitrogens with zero attached hydrogens (tertiary/aromatic N) is 3. The molecule has 1 aromatic heterocycles. The zero-order valence-corrected chi connectivity index (χ0v) is 12.9. The Kier molecular flexibility index (Phi) is 5.87. The van der Waals surface area contributed by atoms with Crippen LogP contribution >= 0.6 is 0 Å². The van der Waals surface area contributed by atoms with Crippen LogP contribution in [0.25, 0.3) is 10.9 Å². The lowest BCUT2D eigenvalue weighted by Crippen LogP contribution is -2.26. The molecule has 0 amide bonds. The molecule has 0 unspecified atom stereocenters. The van der Waals surface area contributed by atoms with Crippen molar-refractivity contribution in [1.29, 1.82) is 5.26 Å². The number of hydrogen-bond donors (Lipinski definition) is 1. The number of alkyl halides is 3. The van der Waals surface area contributed by atoms with Crippen LogP contribution in [0.5, 0.6) is 0 Å². The molecule has 23 heavy (non-hydrogen) atoms. The van der Waals surface area contributed by atoms with Crippen LogP contribution < -0.4 is 5.56 Å². The SMILES string of the molecule is CC.Cc1nc2cc(C(F)(F)F)cc(C#N)c2c(=O)n1CCO. The van der Waals surface area contributed by atoms with Crippen LogP contribution in [-0.2, 0) is 12.7 Å². The second kappa shape index (κ2) is 7.24. The highest BCUT2D eigenvalue weighted by molar-refractivity contribution is 5.84. The van der Waals surface area contributed by atoms with Crippen LogP contribution in [0.3, 0.4) is 0 Å². The van der Waals surface area contributed by atoms with Gasteiger partial charge in [0.2, 0.25) is 0 Å². The molecular weight excluding hydrogens is 311 g/mol. The number of fused-ring (bicyclic) bond motifs is 1. The van der Waals surface area contributed by atoms with Gasteiger partial charge in [-0.15, -0.1) is 0 Å². The minimum absolute atomic E-state index is 0.0422. The first kappa shape index (κ1) is 18.6. The van der Waals surface area contributed by atoms with Crippen molar-refractivity contribution in [2.75, 3.05) is 6.61 Å². The van der Waals surface area contributed by atoms with Gasteiger partial charge in [-0.3, -0.25) is 9.36 Å². The molecule has 0 spiro atoms. The molecule has 0 saturated heterocycles. The molecule has 2 aromatic rings. The minimum atomic E-state index is -4.63. The van der Waals surface area contributed by atoms with Gasteiger partial charge >= 0.3 is 6.18 Å². The maximum atomic E-state index is 12.8. The summed E-state index contributed by atoms with van der Waals surface area (Å²) in [5.41, 5.74) is -2.24. The van der Waals surface area contributed by atoms with Crippen LogP contribution in [-0.4, -0.2) is 21.3 Å². The molecular formula is C15H16F3N3O2. The molecule has 1 heterocycles. The Morgan fingerprint density at radius 3 is 2.43 bits per heavy atom. The summed E-state index contributed by atoms with van der Waals surface area (Å²) < 4.78 is 39.5. The molecule has 0 radical (unpaired) electrons. The van der Waals surface area contributed by atoms with E-state index >= 15 is 0 Å². The van der Waals surface area contributed by atoms with E-state index in [0.717, 1.165) is 10.6 Å². The van der Waals surface area contributed by atoms with Crippen LogP contribution in [0.4, 0.5) is 13.2 Å². The zero-order valence-electron chi connectivity index (χ0n) is 12.9. The van der Waals surface area contributed by atoms with Crippen molar-refractivity contribution in [1.82, 2.24) is 9.55 Å². The zero-order chi connectivity index (χ0) is 17.8. The standard InChI is InChI=1S/C13H10F3N3O2.C2H6/c1-7-18-10-5-9(13(14,15)16)4-8(6-17)11(10)12(21)19(7)2-3-20;1-2/h4-5,20H,2-3H2,1H3;1-2H3. The van der Waals surface area contributed by atoms with Crippen LogP contribution in [0.2, 0.25) is 0 Å². The number of aliphatic hydroxyl groups excluding tert-OH is 1. The van der Waals surface area contributed by atoms with Gasteiger partial charge in [0.05, 0.1) is 35.2 Å². The van der Waals surface area contributed by atoms with Crippen molar-refractivity contribution >= 4 is 10.9 Å². The first-order chi connectivity index (χ1) is 10.8. The summed E-state index contributed by atoms with van der Waals surface area (Å²) in [6.45, 7) is 5.08. The molecule has 124 valence electrons. The lowest BCUT2D eigenvalue weighted by Gasteiger charge is -2.12.